The first kappa shape index (κ1) is 19.3. The Hall–Kier alpha value is -3.02. The van der Waals surface area contributed by atoms with E-state index in [1.807, 2.05) is 0 Å². The largest absolute Gasteiger partial charge is 0.497 e. The summed E-state index contributed by atoms with van der Waals surface area (Å²) in [6.07, 6.45) is 3.13. The van der Waals surface area contributed by atoms with Crippen molar-refractivity contribution in [1.82, 2.24) is 4.90 Å². The normalized spacial score (nSPS) is 10.7. The molecule has 0 spiro atoms. The summed E-state index contributed by atoms with van der Waals surface area (Å²) < 4.78 is 29.0. The molecule has 0 aromatic heterocycles. The van der Waals surface area contributed by atoms with Crippen molar-refractivity contribution >= 4 is 12.0 Å². The van der Waals surface area contributed by atoms with Gasteiger partial charge in [0.2, 0.25) is 5.91 Å². The van der Waals surface area contributed by atoms with E-state index in [-0.39, 0.29) is 18.2 Å². The third-order valence-corrected chi connectivity index (χ3v) is 3.80. The highest BCUT2D eigenvalue weighted by atomic mass is 19.1. The van der Waals surface area contributed by atoms with Gasteiger partial charge in [0, 0.05) is 25.7 Å². The van der Waals surface area contributed by atoms with Gasteiger partial charge in [0.1, 0.15) is 11.5 Å². The molecule has 2 rings (SSSR count). The van der Waals surface area contributed by atoms with Gasteiger partial charge in [0.15, 0.2) is 11.6 Å². The minimum Gasteiger partial charge on any atom is -0.497 e. The van der Waals surface area contributed by atoms with E-state index in [9.17, 15) is 9.18 Å². The molecule has 0 atom stereocenters. The molecule has 5 nitrogen and oxygen atoms in total. The van der Waals surface area contributed by atoms with Crippen molar-refractivity contribution < 1.29 is 23.4 Å². The van der Waals surface area contributed by atoms with Gasteiger partial charge < -0.3 is 19.1 Å². The first-order chi connectivity index (χ1) is 12.5. The van der Waals surface area contributed by atoms with Crippen LogP contribution in [0.5, 0.6) is 17.2 Å². The summed E-state index contributed by atoms with van der Waals surface area (Å²) in [5.74, 6) is 0.791. The molecule has 26 heavy (non-hydrogen) atoms. The van der Waals surface area contributed by atoms with Gasteiger partial charge in [-0.15, -0.1) is 0 Å². The second-order valence-corrected chi connectivity index (χ2v) is 5.64. The maximum Gasteiger partial charge on any atom is 0.246 e. The molecule has 0 aliphatic heterocycles. The number of ether oxygens (including phenoxy) is 3. The summed E-state index contributed by atoms with van der Waals surface area (Å²) in [4.78, 5) is 13.8. The highest BCUT2D eigenvalue weighted by molar-refractivity contribution is 5.91. The van der Waals surface area contributed by atoms with Gasteiger partial charge in [-0.05, 0) is 41.5 Å². The maximum atomic E-state index is 13.7. The Kier molecular flexibility index (Phi) is 6.60. The number of carbonyl (C=O) groups is 1. The predicted octanol–water partition coefficient (Wildman–Crippen LogP) is 3.52. The molecule has 0 bridgehead atoms. The van der Waals surface area contributed by atoms with Gasteiger partial charge in [-0.3, -0.25) is 4.79 Å². The van der Waals surface area contributed by atoms with E-state index in [0.717, 1.165) is 5.56 Å². The third-order valence-electron chi connectivity index (χ3n) is 3.80. The Labute approximate surface area is 152 Å². The smallest absolute Gasteiger partial charge is 0.246 e. The maximum absolute atomic E-state index is 13.7. The van der Waals surface area contributed by atoms with Gasteiger partial charge in [-0.2, -0.15) is 0 Å². The molecule has 0 radical (unpaired) electrons. The lowest BCUT2D eigenvalue weighted by Gasteiger charge is -2.15. The molecular formula is C20H22FNO4. The van der Waals surface area contributed by atoms with Gasteiger partial charge >= 0.3 is 0 Å². The number of likely N-dealkylation sites (N-methyl/N-ethyl adjacent to an activating group) is 1. The highest BCUT2D eigenvalue weighted by Crippen LogP contribution is 2.23. The number of hydrogen-bond acceptors (Lipinski definition) is 4. The van der Waals surface area contributed by atoms with Gasteiger partial charge in [0.05, 0.1) is 21.3 Å². The second-order valence-electron chi connectivity index (χ2n) is 5.64. The fourth-order valence-electron chi connectivity index (χ4n) is 2.38. The molecule has 0 fully saturated rings. The monoisotopic (exact) mass is 359 g/mol. The lowest BCUT2D eigenvalue weighted by molar-refractivity contribution is -0.125. The number of hydrogen-bond donors (Lipinski definition) is 0. The van der Waals surface area contributed by atoms with Crippen LogP contribution in [0.2, 0.25) is 0 Å². The molecule has 2 aromatic rings. The van der Waals surface area contributed by atoms with Crippen molar-refractivity contribution in [2.45, 2.75) is 6.54 Å². The van der Waals surface area contributed by atoms with E-state index in [1.165, 1.54) is 24.2 Å². The average molecular weight is 359 g/mol. The summed E-state index contributed by atoms with van der Waals surface area (Å²) in [5, 5.41) is 0. The minimum absolute atomic E-state index is 0.176. The molecule has 6 heteroatoms. The van der Waals surface area contributed by atoms with Crippen LogP contribution in [0.3, 0.4) is 0 Å². The van der Waals surface area contributed by atoms with Crippen LogP contribution >= 0.6 is 0 Å². The van der Waals surface area contributed by atoms with Crippen molar-refractivity contribution in [3.05, 3.63) is 59.4 Å². The second kappa shape index (κ2) is 8.89. The van der Waals surface area contributed by atoms with E-state index in [2.05, 4.69) is 0 Å². The summed E-state index contributed by atoms with van der Waals surface area (Å²) in [6.45, 7) is 0.283. The zero-order valence-electron chi connectivity index (χ0n) is 15.3. The van der Waals surface area contributed by atoms with Crippen molar-refractivity contribution in [3.63, 3.8) is 0 Å². The van der Waals surface area contributed by atoms with E-state index < -0.39 is 5.82 Å². The number of benzene rings is 2. The molecular weight excluding hydrogens is 337 g/mol. The Balaban J connectivity index is 2.06. The lowest BCUT2D eigenvalue weighted by Crippen LogP contribution is -2.24. The third kappa shape index (κ3) is 4.99. The topological polar surface area (TPSA) is 48.0 Å². The Bertz CT molecular complexity index is 782. The van der Waals surface area contributed by atoms with Crippen LogP contribution in [0.4, 0.5) is 4.39 Å². The number of amides is 1. The van der Waals surface area contributed by atoms with Gasteiger partial charge in [0.25, 0.3) is 0 Å². The Morgan fingerprint density at radius 1 is 1.04 bits per heavy atom. The first-order valence-electron chi connectivity index (χ1n) is 7.95. The van der Waals surface area contributed by atoms with Crippen LogP contribution in [-0.2, 0) is 11.3 Å². The van der Waals surface area contributed by atoms with Crippen molar-refractivity contribution in [3.8, 4) is 17.2 Å². The molecule has 0 N–H and O–H groups in total. The number of methoxy groups -OCH3 is 3. The van der Waals surface area contributed by atoms with Gasteiger partial charge in [-0.25, -0.2) is 4.39 Å². The van der Waals surface area contributed by atoms with Crippen molar-refractivity contribution in [2.75, 3.05) is 28.4 Å². The van der Waals surface area contributed by atoms with Crippen molar-refractivity contribution in [1.29, 1.82) is 0 Å². The van der Waals surface area contributed by atoms with Crippen LogP contribution in [0.15, 0.2) is 42.5 Å². The number of carbonyl (C=O) groups excluding carboxylic acids is 1. The van der Waals surface area contributed by atoms with Crippen LogP contribution in [-0.4, -0.2) is 39.2 Å². The van der Waals surface area contributed by atoms with E-state index in [1.54, 1.807) is 57.7 Å². The fraction of sp³-hybridized carbons (Fsp3) is 0.250. The van der Waals surface area contributed by atoms with E-state index >= 15 is 0 Å². The SMILES string of the molecule is COc1cc(/C=C/C(=O)N(C)Cc2ccc(OC)c(F)c2)cc(OC)c1. The van der Waals surface area contributed by atoms with Crippen LogP contribution in [0.1, 0.15) is 11.1 Å². The first-order valence-corrected chi connectivity index (χ1v) is 7.95. The molecule has 2 aromatic carbocycles. The molecule has 138 valence electrons. The quantitative estimate of drug-likeness (QED) is 0.710. The standard InChI is InChI=1S/C20H22FNO4/c1-22(13-15-5-7-19(26-4)18(21)11-15)20(23)8-6-14-9-16(24-2)12-17(10-14)25-3/h5-12H,13H2,1-4H3/b8-6+. The lowest BCUT2D eigenvalue weighted by atomic mass is 10.1. The molecule has 0 saturated heterocycles. The molecule has 0 heterocycles. The summed E-state index contributed by atoms with van der Waals surface area (Å²) in [6, 6.07) is 9.97. The minimum atomic E-state index is -0.454. The Morgan fingerprint density at radius 3 is 2.23 bits per heavy atom. The van der Waals surface area contributed by atoms with Crippen LogP contribution in [0.25, 0.3) is 6.08 Å². The number of halogens is 1. The van der Waals surface area contributed by atoms with E-state index in [0.29, 0.717) is 17.1 Å². The highest BCUT2D eigenvalue weighted by Gasteiger charge is 2.09. The van der Waals surface area contributed by atoms with Crippen LogP contribution < -0.4 is 14.2 Å². The summed E-state index contributed by atoms with van der Waals surface area (Å²) in [7, 11) is 6.19. The zero-order chi connectivity index (χ0) is 19.1. The average Bonchev–Trinajstić information content (AvgIpc) is 2.65. The van der Waals surface area contributed by atoms with Gasteiger partial charge in [-0.1, -0.05) is 6.07 Å². The Morgan fingerprint density at radius 2 is 1.69 bits per heavy atom. The molecule has 0 saturated carbocycles. The number of rotatable bonds is 7. The summed E-state index contributed by atoms with van der Waals surface area (Å²) >= 11 is 0. The molecule has 0 aliphatic carbocycles. The molecule has 1 amide bonds. The van der Waals surface area contributed by atoms with Crippen LogP contribution in [0, 0.1) is 5.82 Å². The van der Waals surface area contributed by atoms with E-state index in [4.69, 9.17) is 14.2 Å². The van der Waals surface area contributed by atoms with Crippen molar-refractivity contribution in [2.24, 2.45) is 0 Å². The number of nitrogens with zero attached hydrogens (tertiary/aromatic N) is 1. The molecule has 0 unspecified atom stereocenters. The fourth-order valence-corrected chi connectivity index (χ4v) is 2.38. The molecule has 0 aliphatic rings. The summed E-state index contributed by atoms with van der Waals surface area (Å²) in [5.41, 5.74) is 1.45. The zero-order valence-corrected chi connectivity index (χ0v) is 15.3. The predicted molar refractivity (Wildman–Crippen MR) is 98.0 cm³/mol.